The third-order valence-electron chi connectivity index (χ3n) is 12.8. The Morgan fingerprint density at radius 1 is 0.370 bits per heavy atom. The second kappa shape index (κ2) is 11.5. The minimum absolute atomic E-state index is 0.317. The Balaban J connectivity index is 1.04. The van der Waals surface area contributed by atoms with Gasteiger partial charge in [0.15, 0.2) is 0 Å². The van der Waals surface area contributed by atoms with Crippen molar-refractivity contribution in [3.63, 3.8) is 0 Å². The summed E-state index contributed by atoms with van der Waals surface area (Å²) in [6.07, 6.45) is 18.6. The number of rotatable bonds is 4. The average Bonchev–Trinajstić information content (AvgIpc) is 3.74. The summed E-state index contributed by atoms with van der Waals surface area (Å²) >= 11 is 0. The van der Waals surface area contributed by atoms with Crippen LogP contribution in [-0.2, 0) is 0 Å². The third-order valence-corrected chi connectivity index (χ3v) is 12.8. The molecule has 6 aliphatic carbocycles. The molecule has 0 nitrogen and oxygen atoms in total. The van der Waals surface area contributed by atoms with Gasteiger partial charge in [0.05, 0.1) is 0 Å². The molecule has 0 aliphatic heterocycles. The standard InChI is InChI=1S/C54H36/c1-5-13-33(14-6-1)39-21-22-40(34-15-7-2-8-16-34)48-30-38-32-50-44-26-28-46-52-42(36-19-11-4-12-20-36)24-23-41(35-17-9-3-10-18-35)51(52)45-27-25-43(53(44)54(45)46)49(50)31-37(38)29-47(39)48/h1-31,38,53-54H,32H2. The Bertz CT molecular complexity index is 2910. The molecule has 0 saturated carbocycles. The van der Waals surface area contributed by atoms with E-state index in [0.29, 0.717) is 17.8 Å². The summed E-state index contributed by atoms with van der Waals surface area (Å²) in [5, 5.41) is 2.70. The number of hydrogen-bond acceptors (Lipinski definition) is 0. The normalized spacial score (nSPS) is 20.7. The van der Waals surface area contributed by atoms with Gasteiger partial charge in [-0.3, -0.25) is 0 Å². The van der Waals surface area contributed by atoms with Crippen LogP contribution in [0.25, 0.3) is 67.8 Å². The number of fused-ring (bicyclic) bond motifs is 7. The lowest BCUT2D eigenvalue weighted by atomic mass is 9.71. The highest BCUT2D eigenvalue weighted by molar-refractivity contribution is 6.07. The van der Waals surface area contributed by atoms with E-state index in [-0.39, 0.29) is 0 Å². The van der Waals surface area contributed by atoms with Crippen molar-refractivity contribution in [2.75, 3.05) is 0 Å². The van der Waals surface area contributed by atoms with Crippen LogP contribution in [0.15, 0.2) is 204 Å². The molecule has 6 aliphatic rings. The lowest BCUT2D eigenvalue weighted by Crippen LogP contribution is -2.34. The fourth-order valence-corrected chi connectivity index (χ4v) is 10.5. The highest BCUT2D eigenvalue weighted by atomic mass is 14.5. The molecule has 0 radical (unpaired) electrons. The van der Waals surface area contributed by atoms with Gasteiger partial charge in [-0.2, -0.15) is 0 Å². The highest BCUT2D eigenvalue weighted by Crippen LogP contribution is 2.64. The van der Waals surface area contributed by atoms with Crippen LogP contribution in [0, 0.1) is 17.8 Å². The molecule has 0 aromatic heterocycles. The van der Waals surface area contributed by atoms with Gasteiger partial charge < -0.3 is 0 Å². The highest BCUT2D eigenvalue weighted by Gasteiger charge is 2.50. The third kappa shape index (κ3) is 4.26. The van der Waals surface area contributed by atoms with Gasteiger partial charge >= 0.3 is 0 Å². The van der Waals surface area contributed by atoms with Gasteiger partial charge in [0.2, 0.25) is 0 Å². The van der Waals surface area contributed by atoms with Crippen molar-refractivity contribution < 1.29 is 0 Å². The maximum atomic E-state index is 2.59. The molecule has 6 aromatic carbocycles. The summed E-state index contributed by atoms with van der Waals surface area (Å²) in [6, 6.07) is 53.2. The van der Waals surface area contributed by atoms with Crippen molar-refractivity contribution in [3.05, 3.63) is 225 Å². The smallest absolute Gasteiger partial charge is 0.0212 e. The van der Waals surface area contributed by atoms with Gasteiger partial charge in [-0.1, -0.05) is 182 Å². The summed E-state index contributed by atoms with van der Waals surface area (Å²) in [5.41, 5.74) is 23.6. The molecule has 12 rings (SSSR count). The van der Waals surface area contributed by atoms with Crippen molar-refractivity contribution >= 4 is 23.3 Å². The molecular formula is C54H36. The van der Waals surface area contributed by atoms with E-state index in [1.54, 1.807) is 5.57 Å². The first kappa shape index (κ1) is 30.0. The Morgan fingerprint density at radius 2 is 0.796 bits per heavy atom. The van der Waals surface area contributed by atoms with Crippen LogP contribution in [0.5, 0.6) is 0 Å². The minimum atomic E-state index is 0.317. The molecule has 0 bridgehead atoms. The predicted octanol–water partition coefficient (Wildman–Crippen LogP) is 11.8. The van der Waals surface area contributed by atoms with E-state index >= 15 is 0 Å². The molecule has 0 amide bonds. The summed E-state index contributed by atoms with van der Waals surface area (Å²) in [4.78, 5) is 0. The van der Waals surface area contributed by atoms with Crippen LogP contribution in [0.2, 0.25) is 0 Å². The van der Waals surface area contributed by atoms with Crippen molar-refractivity contribution in [2.45, 2.75) is 6.42 Å². The summed E-state index contributed by atoms with van der Waals surface area (Å²) in [5.74, 6) is 0.992. The molecule has 0 saturated heterocycles. The first-order valence-corrected chi connectivity index (χ1v) is 19.4. The van der Waals surface area contributed by atoms with E-state index in [9.17, 15) is 0 Å². The molecule has 3 unspecified atom stereocenters. The number of allylic oxidation sites excluding steroid dienone is 12. The van der Waals surface area contributed by atoms with E-state index in [4.69, 9.17) is 0 Å². The van der Waals surface area contributed by atoms with Crippen molar-refractivity contribution in [2.24, 2.45) is 17.8 Å². The molecule has 6 aromatic rings. The topological polar surface area (TPSA) is 0 Å². The summed E-state index contributed by atoms with van der Waals surface area (Å²) < 4.78 is 0. The lowest BCUT2D eigenvalue weighted by molar-refractivity contribution is 0.656. The first-order valence-electron chi connectivity index (χ1n) is 19.4. The van der Waals surface area contributed by atoms with Crippen LogP contribution < -0.4 is 10.4 Å². The van der Waals surface area contributed by atoms with E-state index in [1.165, 1.54) is 99.5 Å². The Morgan fingerprint density at radius 3 is 1.33 bits per heavy atom. The zero-order valence-corrected chi connectivity index (χ0v) is 29.8. The van der Waals surface area contributed by atoms with Crippen LogP contribution in [0.4, 0.5) is 0 Å². The van der Waals surface area contributed by atoms with E-state index in [1.807, 2.05) is 0 Å². The van der Waals surface area contributed by atoms with Crippen LogP contribution in [-0.4, -0.2) is 0 Å². The molecular weight excluding hydrogens is 649 g/mol. The van der Waals surface area contributed by atoms with E-state index < -0.39 is 0 Å². The van der Waals surface area contributed by atoms with Crippen molar-refractivity contribution in [1.29, 1.82) is 0 Å². The molecule has 0 fully saturated rings. The largest absolute Gasteiger partial charge is 0.0682 e. The molecule has 0 heteroatoms. The zero-order valence-electron chi connectivity index (χ0n) is 29.8. The number of benzene rings is 6. The second-order valence-electron chi connectivity index (χ2n) is 15.5. The van der Waals surface area contributed by atoms with Crippen molar-refractivity contribution in [1.82, 2.24) is 0 Å². The van der Waals surface area contributed by atoms with E-state index in [0.717, 1.165) is 6.42 Å². The van der Waals surface area contributed by atoms with Crippen molar-refractivity contribution in [3.8, 4) is 44.5 Å². The van der Waals surface area contributed by atoms with Gasteiger partial charge in [0.1, 0.15) is 0 Å². The SMILES string of the molecule is C1=C2C=c3c(-c4ccccc4)ccc(-c4ccccc4)c3=CC2CC2=C1C1=CC=C3c4c(-c5ccccc5)ccc(-c5ccccc5)c4C4=CC=C2C1C34. The summed E-state index contributed by atoms with van der Waals surface area (Å²) in [6.45, 7) is 0. The minimum Gasteiger partial charge on any atom is -0.0682 e. The molecule has 0 heterocycles. The molecule has 54 heavy (non-hydrogen) atoms. The first-order chi connectivity index (χ1) is 26.8. The van der Waals surface area contributed by atoms with Gasteiger partial charge in [0.25, 0.3) is 0 Å². The lowest BCUT2D eigenvalue weighted by Gasteiger charge is -2.31. The zero-order chi connectivity index (χ0) is 35.3. The van der Waals surface area contributed by atoms with Crippen LogP contribution in [0.3, 0.4) is 0 Å². The summed E-state index contributed by atoms with van der Waals surface area (Å²) in [7, 11) is 0. The monoisotopic (exact) mass is 684 g/mol. The van der Waals surface area contributed by atoms with Crippen LogP contribution in [0.1, 0.15) is 17.5 Å². The molecule has 3 atom stereocenters. The maximum absolute atomic E-state index is 2.59. The van der Waals surface area contributed by atoms with E-state index in [2.05, 4.69) is 188 Å². The molecule has 0 spiro atoms. The molecule has 252 valence electrons. The average molecular weight is 685 g/mol. The Labute approximate surface area is 316 Å². The van der Waals surface area contributed by atoms with Gasteiger partial charge in [0, 0.05) is 17.8 Å². The Hall–Kier alpha value is -6.50. The van der Waals surface area contributed by atoms with Gasteiger partial charge in [-0.15, -0.1) is 0 Å². The fraction of sp³-hybridized carbons (Fsp3) is 0.0741. The molecule has 0 N–H and O–H groups in total. The second-order valence-corrected chi connectivity index (χ2v) is 15.5. The Kier molecular flexibility index (Phi) is 6.39. The predicted molar refractivity (Wildman–Crippen MR) is 225 cm³/mol. The quantitative estimate of drug-likeness (QED) is 0.173. The van der Waals surface area contributed by atoms with Crippen LogP contribution >= 0.6 is 0 Å². The fourth-order valence-electron chi connectivity index (χ4n) is 10.5. The van der Waals surface area contributed by atoms with Gasteiger partial charge in [-0.25, -0.2) is 0 Å². The maximum Gasteiger partial charge on any atom is 0.0212 e. The number of hydrogen-bond donors (Lipinski definition) is 0. The van der Waals surface area contributed by atoms with Gasteiger partial charge in [-0.05, 0) is 118 Å².